The Kier molecular flexibility index (Phi) is 3.49. The Labute approximate surface area is 157 Å². The van der Waals surface area contributed by atoms with Gasteiger partial charge in [0, 0.05) is 49.8 Å². The van der Waals surface area contributed by atoms with Crippen LogP contribution >= 0.6 is 0 Å². The molecule has 0 aliphatic carbocycles. The molecule has 1 aromatic carbocycles. The summed E-state index contributed by atoms with van der Waals surface area (Å²) in [4.78, 5) is 8.96. The summed E-state index contributed by atoms with van der Waals surface area (Å²) in [6, 6.07) is 12.8. The van der Waals surface area contributed by atoms with E-state index in [1.807, 2.05) is 12.1 Å². The average molecular weight is 379 g/mol. The molecule has 0 N–H and O–H groups in total. The zero-order valence-electron chi connectivity index (χ0n) is 14.5. The van der Waals surface area contributed by atoms with E-state index in [4.69, 9.17) is 0 Å². The van der Waals surface area contributed by atoms with Crippen molar-refractivity contribution in [3.05, 3.63) is 53.7 Å². The highest BCUT2D eigenvalue weighted by molar-refractivity contribution is 7.90. The molecule has 2 unspecified atom stereocenters. The summed E-state index contributed by atoms with van der Waals surface area (Å²) in [5, 5.41) is 9.31. The number of benzene rings is 1. The van der Waals surface area contributed by atoms with Gasteiger partial charge in [0.15, 0.2) is 5.84 Å². The predicted molar refractivity (Wildman–Crippen MR) is 99.9 cm³/mol. The van der Waals surface area contributed by atoms with E-state index >= 15 is 0 Å². The van der Waals surface area contributed by atoms with Gasteiger partial charge >= 0.3 is 0 Å². The molecule has 2 aromatic rings. The number of nitrogens with zero attached hydrogens (tertiary/aromatic N) is 5. The summed E-state index contributed by atoms with van der Waals surface area (Å²) in [6.07, 6.45) is 1.71. The Morgan fingerprint density at radius 1 is 1.00 bits per heavy atom. The van der Waals surface area contributed by atoms with E-state index in [1.54, 1.807) is 30.5 Å². The van der Waals surface area contributed by atoms with Gasteiger partial charge in [0.05, 0.1) is 5.56 Å². The molecule has 2 fully saturated rings. The van der Waals surface area contributed by atoms with E-state index in [-0.39, 0.29) is 0 Å². The lowest BCUT2D eigenvalue weighted by Crippen LogP contribution is -2.33. The van der Waals surface area contributed by atoms with Crippen molar-refractivity contribution in [1.29, 1.82) is 5.26 Å². The summed E-state index contributed by atoms with van der Waals surface area (Å²) in [5.41, 5.74) is 1.29. The summed E-state index contributed by atoms with van der Waals surface area (Å²) in [7, 11) is -3.59. The van der Waals surface area contributed by atoms with Crippen LogP contribution in [0.1, 0.15) is 11.1 Å². The zero-order valence-corrected chi connectivity index (χ0v) is 15.3. The molecule has 0 amide bonds. The number of aromatic nitrogens is 1. The first-order valence-electron chi connectivity index (χ1n) is 8.86. The van der Waals surface area contributed by atoms with Gasteiger partial charge < -0.3 is 9.80 Å². The Balaban J connectivity index is 1.38. The maximum Gasteiger partial charge on any atom is 0.285 e. The first kappa shape index (κ1) is 16.3. The normalized spacial score (nSPS) is 25.1. The zero-order chi connectivity index (χ0) is 18.6. The van der Waals surface area contributed by atoms with Crippen molar-refractivity contribution in [3.8, 4) is 6.07 Å². The topological polar surface area (TPSA) is 89.7 Å². The Hall–Kier alpha value is -2.92. The fraction of sp³-hybridized carbons (Fsp3) is 0.316. The number of amidine groups is 1. The Morgan fingerprint density at radius 3 is 2.44 bits per heavy atom. The van der Waals surface area contributed by atoms with E-state index in [0.29, 0.717) is 33.7 Å². The van der Waals surface area contributed by atoms with Gasteiger partial charge in [-0.25, -0.2) is 4.98 Å². The molecule has 0 spiro atoms. The molecule has 3 aliphatic heterocycles. The highest BCUT2D eigenvalue weighted by Gasteiger charge is 2.44. The van der Waals surface area contributed by atoms with Crippen molar-refractivity contribution >= 4 is 21.7 Å². The third-order valence-electron chi connectivity index (χ3n) is 5.60. The van der Waals surface area contributed by atoms with Crippen LogP contribution in [-0.2, 0) is 10.0 Å². The number of pyridine rings is 1. The number of anilines is 1. The van der Waals surface area contributed by atoms with Crippen molar-refractivity contribution in [2.24, 2.45) is 16.2 Å². The standard InChI is InChI=1S/C19H17N5O2S/c20-8-13-4-3-7-21-18(13)23-9-14-11-24(12-15(14)10-23)19-16-5-1-2-6-17(16)27(25,26)22-19/h1-7,14-15H,9-12H2. The van der Waals surface area contributed by atoms with Gasteiger partial charge in [0.25, 0.3) is 10.0 Å². The smallest absolute Gasteiger partial charge is 0.285 e. The van der Waals surface area contributed by atoms with Crippen molar-refractivity contribution in [2.45, 2.75) is 4.90 Å². The number of rotatable bonds is 1. The molecular formula is C19H17N5O2S. The molecule has 1 aromatic heterocycles. The number of sulfonamides is 1. The largest absolute Gasteiger partial charge is 0.355 e. The molecule has 0 radical (unpaired) electrons. The maximum absolute atomic E-state index is 12.3. The van der Waals surface area contributed by atoms with Gasteiger partial charge in [0.2, 0.25) is 0 Å². The number of nitriles is 1. The fourth-order valence-electron chi connectivity index (χ4n) is 4.39. The second-order valence-corrected chi connectivity index (χ2v) is 8.78. The minimum absolute atomic E-state index is 0.297. The molecule has 5 rings (SSSR count). The highest BCUT2D eigenvalue weighted by Crippen LogP contribution is 2.37. The summed E-state index contributed by atoms with van der Waals surface area (Å²) < 4.78 is 28.7. The lowest BCUT2D eigenvalue weighted by Gasteiger charge is -2.24. The quantitative estimate of drug-likeness (QED) is 0.745. The molecule has 2 atom stereocenters. The Bertz CT molecular complexity index is 1090. The van der Waals surface area contributed by atoms with Gasteiger partial charge in [-0.15, -0.1) is 4.40 Å². The molecule has 8 heteroatoms. The summed E-state index contributed by atoms with van der Waals surface area (Å²) in [6.45, 7) is 3.15. The predicted octanol–water partition coefficient (Wildman–Crippen LogP) is 1.47. The molecular weight excluding hydrogens is 362 g/mol. The number of hydrogen-bond donors (Lipinski definition) is 0. The molecule has 0 bridgehead atoms. The monoisotopic (exact) mass is 379 g/mol. The number of fused-ring (bicyclic) bond motifs is 2. The lowest BCUT2D eigenvalue weighted by molar-refractivity contribution is 0.478. The van der Waals surface area contributed by atoms with E-state index in [1.165, 1.54) is 0 Å². The second kappa shape index (κ2) is 5.79. The van der Waals surface area contributed by atoms with Crippen molar-refractivity contribution in [3.63, 3.8) is 0 Å². The van der Waals surface area contributed by atoms with Crippen LogP contribution in [0.2, 0.25) is 0 Å². The van der Waals surface area contributed by atoms with E-state index < -0.39 is 10.0 Å². The Morgan fingerprint density at radius 2 is 1.70 bits per heavy atom. The third-order valence-corrected chi connectivity index (χ3v) is 6.93. The lowest BCUT2D eigenvalue weighted by atomic mass is 10.0. The second-order valence-electron chi connectivity index (χ2n) is 7.20. The van der Waals surface area contributed by atoms with Crippen molar-refractivity contribution in [2.75, 3.05) is 31.1 Å². The van der Waals surface area contributed by atoms with Gasteiger partial charge in [-0.2, -0.15) is 13.7 Å². The van der Waals surface area contributed by atoms with Gasteiger partial charge in [-0.1, -0.05) is 12.1 Å². The van der Waals surface area contributed by atoms with Crippen molar-refractivity contribution in [1.82, 2.24) is 9.88 Å². The molecule has 4 heterocycles. The third kappa shape index (κ3) is 2.50. The number of likely N-dealkylation sites (tertiary alicyclic amines) is 1. The van der Waals surface area contributed by atoms with Crippen LogP contribution in [0.25, 0.3) is 0 Å². The molecule has 136 valence electrons. The molecule has 27 heavy (non-hydrogen) atoms. The minimum atomic E-state index is -3.59. The summed E-state index contributed by atoms with van der Waals surface area (Å²) in [5.74, 6) is 2.11. The van der Waals surface area contributed by atoms with Crippen LogP contribution in [0.4, 0.5) is 5.82 Å². The van der Waals surface area contributed by atoms with Crippen LogP contribution < -0.4 is 4.90 Å². The minimum Gasteiger partial charge on any atom is -0.355 e. The van der Waals surface area contributed by atoms with Gasteiger partial charge in [-0.05, 0) is 24.3 Å². The van der Waals surface area contributed by atoms with E-state index in [9.17, 15) is 13.7 Å². The van der Waals surface area contributed by atoms with Crippen LogP contribution in [0.5, 0.6) is 0 Å². The molecule has 7 nitrogen and oxygen atoms in total. The van der Waals surface area contributed by atoms with E-state index in [2.05, 4.69) is 25.3 Å². The molecule has 2 saturated heterocycles. The van der Waals surface area contributed by atoms with Crippen LogP contribution in [-0.4, -0.2) is 50.3 Å². The average Bonchev–Trinajstić information content (AvgIpc) is 3.32. The van der Waals surface area contributed by atoms with Crippen molar-refractivity contribution < 1.29 is 8.42 Å². The van der Waals surface area contributed by atoms with Crippen LogP contribution in [0, 0.1) is 23.2 Å². The fourth-order valence-corrected chi connectivity index (χ4v) is 5.62. The maximum atomic E-state index is 12.3. The summed E-state index contributed by atoms with van der Waals surface area (Å²) >= 11 is 0. The highest BCUT2D eigenvalue weighted by atomic mass is 32.2. The van der Waals surface area contributed by atoms with Gasteiger partial charge in [0.1, 0.15) is 16.8 Å². The van der Waals surface area contributed by atoms with Crippen LogP contribution in [0.3, 0.4) is 0 Å². The van der Waals surface area contributed by atoms with Gasteiger partial charge in [-0.3, -0.25) is 0 Å². The molecule has 0 saturated carbocycles. The first-order valence-corrected chi connectivity index (χ1v) is 10.3. The first-order chi connectivity index (χ1) is 13.1. The van der Waals surface area contributed by atoms with Crippen LogP contribution in [0.15, 0.2) is 51.9 Å². The number of hydrogen-bond acceptors (Lipinski definition) is 6. The SMILES string of the molecule is N#Cc1cccnc1N1CC2CN(C3=NS(=O)(=O)c4ccccc43)CC2C1. The molecule has 3 aliphatic rings. The van der Waals surface area contributed by atoms with E-state index in [0.717, 1.165) is 32.0 Å².